The number of carbonyl (C=O) groups is 2. The lowest BCUT2D eigenvalue weighted by molar-refractivity contribution is -0.198. The van der Waals surface area contributed by atoms with Gasteiger partial charge in [0.1, 0.15) is 5.60 Å². The standard InChI is InChI=1S/C9H16O5/c1-5-13-7(11)9(4,14-6-10)8(2,3)12/h6,12H,5H2,1-4H3/t9-/m0/s1. The first-order valence-electron chi connectivity index (χ1n) is 4.30. The van der Waals surface area contributed by atoms with Crippen LogP contribution >= 0.6 is 0 Å². The molecule has 0 spiro atoms. The highest BCUT2D eigenvalue weighted by Gasteiger charge is 2.50. The van der Waals surface area contributed by atoms with Gasteiger partial charge in [-0.25, -0.2) is 4.79 Å². The van der Waals surface area contributed by atoms with Crippen molar-refractivity contribution in [1.29, 1.82) is 0 Å². The summed E-state index contributed by atoms with van der Waals surface area (Å²) in [6, 6.07) is 0. The summed E-state index contributed by atoms with van der Waals surface area (Å²) in [6.45, 7) is 5.95. The van der Waals surface area contributed by atoms with Crippen molar-refractivity contribution in [3.63, 3.8) is 0 Å². The van der Waals surface area contributed by atoms with E-state index in [4.69, 9.17) is 4.74 Å². The zero-order chi connectivity index (χ0) is 11.4. The van der Waals surface area contributed by atoms with Gasteiger partial charge in [0.2, 0.25) is 5.60 Å². The molecule has 82 valence electrons. The molecule has 0 saturated heterocycles. The lowest BCUT2D eigenvalue weighted by atomic mass is 9.87. The Morgan fingerprint density at radius 1 is 1.43 bits per heavy atom. The predicted molar refractivity (Wildman–Crippen MR) is 48.5 cm³/mol. The van der Waals surface area contributed by atoms with Crippen LogP contribution in [0.3, 0.4) is 0 Å². The fraction of sp³-hybridized carbons (Fsp3) is 0.778. The molecule has 0 aliphatic rings. The number of hydrogen-bond donors (Lipinski definition) is 1. The molecule has 0 bridgehead atoms. The van der Waals surface area contributed by atoms with E-state index in [0.717, 1.165) is 0 Å². The minimum atomic E-state index is -1.68. The van der Waals surface area contributed by atoms with Crippen LogP contribution in [0.1, 0.15) is 27.7 Å². The van der Waals surface area contributed by atoms with Crippen molar-refractivity contribution in [2.75, 3.05) is 6.61 Å². The molecule has 0 aliphatic carbocycles. The van der Waals surface area contributed by atoms with Crippen molar-refractivity contribution in [1.82, 2.24) is 0 Å². The second-order valence-corrected chi connectivity index (χ2v) is 3.53. The number of aliphatic hydroxyl groups is 1. The van der Waals surface area contributed by atoms with Crippen LogP contribution in [0.15, 0.2) is 0 Å². The van der Waals surface area contributed by atoms with Crippen molar-refractivity contribution in [2.45, 2.75) is 38.9 Å². The summed E-state index contributed by atoms with van der Waals surface area (Å²) in [6.07, 6.45) is 0. The molecule has 1 N–H and O–H groups in total. The quantitative estimate of drug-likeness (QED) is 0.513. The maximum atomic E-state index is 11.4. The molecule has 0 rings (SSSR count). The van der Waals surface area contributed by atoms with E-state index in [0.29, 0.717) is 0 Å². The van der Waals surface area contributed by atoms with Gasteiger partial charge in [0.15, 0.2) is 0 Å². The average molecular weight is 204 g/mol. The first-order chi connectivity index (χ1) is 6.29. The number of hydrogen-bond acceptors (Lipinski definition) is 5. The van der Waals surface area contributed by atoms with E-state index in [2.05, 4.69) is 4.74 Å². The normalized spacial score (nSPS) is 15.5. The van der Waals surface area contributed by atoms with Gasteiger partial charge in [0.25, 0.3) is 6.47 Å². The first-order valence-corrected chi connectivity index (χ1v) is 4.30. The molecular formula is C9H16O5. The Labute approximate surface area is 83.0 Å². The second-order valence-electron chi connectivity index (χ2n) is 3.53. The Morgan fingerprint density at radius 2 is 1.93 bits per heavy atom. The predicted octanol–water partition coefficient (Wildman–Crippen LogP) is 0.252. The SMILES string of the molecule is CCOC(=O)[C@](C)(OC=O)C(C)(C)O. The molecule has 5 nitrogen and oxygen atoms in total. The van der Waals surface area contributed by atoms with Crippen molar-refractivity contribution < 1.29 is 24.2 Å². The molecular weight excluding hydrogens is 188 g/mol. The molecule has 0 aromatic heterocycles. The monoisotopic (exact) mass is 204 g/mol. The van der Waals surface area contributed by atoms with E-state index in [9.17, 15) is 14.7 Å². The van der Waals surface area contributed by atoms with E-state index >= 15 is 0 Å². The van der Waals surface area contributed by atoms with Gasteiger partial charge in [0, 0.05) is 0 Å². The molecule has 1 atom stereocenters. The Bertz CT molecular complexity index is 218. The zero-order valence-corrected chi connectivity index (χ0v) is 8.86. The highest BCUT2D eigenvalue weighted by atomic mass is 16.6. The maximum Gasteiger partial charge on any atom is 0.353 e. The smallest absolute Gasteiger partial charge is 0.353 e. The summed E-state index contributed by atoms with van der Waals surface area (Å²) < 4.78 is 9.31. The van der Waals surface area contributed by atoms with Gasteiger partial charge in [-0.2, -0.15) is 0 Å². The number of rotatable bonds is 5. The summed E-state index contributed by atoms with van der Waals surface area (Å²) in [5, 5.41) is 9.68. The molecule has 0 amide bonds. The van der Waals surface area contributed by atoms with Crippen molar-refractivity contribution in [3.05, 3.63) is 0 Å². The third-order valence-electron chi connectivity index (χ3n) is 2.12. The molecule has 0 fully saturated rings. The third-order valence-corrected chi connectivity index (χ3v) is 2.12. The molecule has 0 heterocycles. The highest BCUT2D eigenvalue weighted by molar-refractivity contribution is 5.82. The van der Waals surface area contributed by atoms with E-state index in [-0.39, 0.29) is 13.1 Å². The van der Waals surface area contributed by atoms with Crippen LogP contribution in [0, 0.1) is 0 Å². The Kier molecular flexibility index (Phi) is 4.07. The van der Waals surface area contributed by atoms with Gasteiger partial charge < -0.3 is 14.6 Å². The van der Waals surface area contributed by atoms with Crippen LogP contribution in [0.5, 0.6) is 0 Å². The molecule has 0 aromatic rings. The van der Waals surface area contributed by atoms with Crippen LogP contribution < -0.4 is 0 Å². The van der Waals surface area contributed by atoms with Crippen LogP contribution in [-0.4, -0.2) is 35.4 Å². The fourth-order valence-electron chi connectivity index (χ4n) is 0.807. The van der Waals surface area contributed by atoms with Gasteiger partial charge in [-0.15, -0.1) is 0 Å². The Morgan fingerprint density at radius 3 is 2.21 bits per heavy atom. The average Bonchev–Trinajstić information content (AvgIpc) is 2.03. The van der Waals surface area contributed by atoms with E-state index in [1.54, 1.807) is 6.92 Å². The summed E-state index contributed by atoms with van der Waals surface area (Å²) in [5.41, 5.74) is -3.18. The Hall–Kier alpha value is -1.10. The number of ether oxygens (including phenoxy) is 2. The summed E-state index contributed by atoms with van der Waals surface area (Å²) in [4.78, 5) is 21.7. The summed E-state index contributed by atoms with van der Waals surface area (Å²) in [5.74, 6) is -0.764. The van der Waals surface area contributed by atoms with Crippen LogP contribution in [0.25, 0.3) is 0 Å². The van der Waals surface area contributed by atoms with E-state index in [1.807, 2.05) is 0 Å². The molecule has 5 heteroatoms. The van der Waals surface area contributed by atoms with Gasteiger partial charge in [-0.05, 0) is 27.7 Å². The maximum absolute atomic E-state index is 11.4. The summed E-state index contributed by atoms with van der Waals surface area (Å²) >= 11 is 0. The molecule has 14 heavy (non-hydrogen) atoms. The zero-order valence-electron chi connectivity index (χ0n) is 8.86. The first kappa shape index (κ1) is 12.9. The second kappa shape index (κ2) is 4.41. The topological polar surface area (TPSA) is 72.8 Å². The van der Waals surface area contributed by atoms with Crippen LogP contribution in [0.4, 0.5) is 0 Å². The minimum Gasteiger partial charge on any atom is -0.463 e. The summed E-state index contributed by atoms with van der Waals surface area (Å²) in [7, 11) is 0. The van der Waals surface area contributed by atoms with Gasteiger partial charge in [-0.3, -0.25) is 4.79 Å². The fourth-order valence-corrected chi connectivity index (χ4v) is 0.807. The largest absolute Gasteiger partial charge is 0.463 e. The lowest BCUT2D eigenvalue weighted by Crippen LogP contribution is -2.56. The van der Waals surface area contributed by atoms with Crippen molar-refractivity contribution in [3.8, 4) is 0 Å². The number of esters is 1. The molecule has 0 aliphatic heterocycles. The van der Waals surface area contributed by atoms with Gasteiger partial charge >= 0.3 is 5.97 Å². The number of carbonyl (C=O) groups excluding carboxylic acids is 2. The lowest BCUT2D eigenvalue weighted by Gasteiger charge is -2.35. The molecule has 0 unspecified atom stereocenters. The minimum absolute atomic E-state index is 0.120. The van der Waals surface area contributed by atoms with E-state index in [1.165, 1.54) is 20.8 Å². The van der Waals surface area contributed by atoms with Crippen LogP contribution in [-0.2, 0) is 19.1 Å². The van der Waals surface area contributed by atoms with Crippen molar-refractivity contribution in [2.24, 2.45) is 0 Å². The molecule has 0 radical (unpaired) electrons. The van der Waals surface area contributed by atoms with Gasteiger partial charge in [-0.1, -0.05) is 0 Å². The van der Waals surface area contributed by atoms with Crippen molar-refractivity contribution >= 4 is 12.4 Å². The van der Waals surface area contributed by atoms with Crippen LogP contribution in [0.2, 0.25) is 0 Å². The molecule has 0 saturated carbocycles. The Balaban J connectivity index is 4.89. The van der Waals surface area contributed by atoms with E-state index < -0.39 is 17.2 Å². The third kappa shape index (κ3) is 2.45. The van der Waals surface area contributed by atoms with Gasteiger partial charge in [0.05, 0.1) is 6.61 Å². The molecule has 0 aromatic carbocycles. The highest BCUT2D eigenvalue weighted by Crippen LogP contribution is 2.26.